The minimum Gasteiger partial charge on any atom is -0.444 e. The Labute approximate surface area is 261 Å². The van der Waals surface area contributed by atoms with E-state index >= 15 is 0 Å². The Balaban J connectivity index is 1.13. The number of fused-ring (bicyclic) bond motifs is 1. The molecule has 2 saturated carbocycles. The van der Waals surface area contributed by atoms with Gasteiger partial charge >= 0.3 is 6.09 Å². The topological polar surface area (TPSA) is 86.9 Å². The predicted molar refractivity (Wildman–Crippen MR) is 170 cm³/mol. The van der Waals surface area contributed by atoms with Gasteiger partial charge in [0.15, 0.2) is 0 Å². The van der Waals surface area contributed by atoms with Crippen LogP contribution >= 0.6 is 0 Å². The molecule has 0 bridgehead atoms. The summed E-state index contributed by atoms with van der Waals surface area (Å²) in [6.07, 6.45) is 17.6. The van der Waals surface area contributed by atoms with E-state index in [1.807, 2.05) is 27.0 Å². The molecule has 1 aromatic carbocycles. The van der Waals surface area contributed by atoms with E-state index in [1.165, 1.54) is 62.5 Å². The summed E-state index contributed by atoms with van der Waals surface area (Å²) in [6, 6.07) is 4.20. The van der Waals surface area contributed by atoms with Crippen molar-refractivity contribution in [2.75, 3.05) is 6.54 Å². The molecule has 1 saturated heterocycles. The van der Waals surface area contributed by atoms with E-state index in [1.54, 1.807) is 11.1 Å². The molecule has 0 radical (unpaired) electrons. The molecule has 3 aliphatic carbocycles. The summed E-state index contributed by atoms with van der Waals surface area (Å²) in [5.41, 5.74) is 6.46. The van der Waals surface area contributed by atoms with Crippen molar-refractivity contribution in [1.29, 1.82) is 0 Å². The van der Waals surface area contributed by atoms with Gasteiger partial charge in [0.05, 0.1) is 18.4 Å². The van der Waals surface area contributed by atoms with Gasteiger partial charge in [-0.15, -0.1) is 0 Å². The average Bonchev–Trinajstić information content (AvgIpc) is 3.83. The lowest BCUT2D eigenvalue weighted by Crippen LogP contribution is -2.36. The Hall–Kier alpha value is -3.97. The number of hydrogen-bond donors (Lipinski definition) is 2. The van der Waals surface area contributed by atoms with Gasteiger partial charge in [-0.25, -0.2) is 14.8 Å². The second kappa shape index (κ2) is 11.5. The van der Waals surface area contributed by atoms with Crippen LogP contribution in [0.2, 0.25) is 0 Å². The summed E-state index contributed by atoms with van der Waals surface area (Å²) < 4.78 is 5.64. The van der Waals surface area contributed by atoms with E-state index < -0.39 is 5.60 Å². The molecule has 7 heteroatoms. The number of nitrogens with zero attached hydrogens (tertiary/aromatic N) is 3. The fourth-order valence-electron chi connectivity index (χ4n) is 7.86. The van der Waals surface area contributed by atoms with Crippen LogP contribution in [0.15, 0.2) is 24.5 Å². The van der Waals surface area contributed by atoms with Gasteiger partial charge < -0.3 is 14.7 Å². The number of amides is 1. The van der Waals surface area contributed by atoms with E-state index in [4.69, 9.17) is 4.74 Å². The van der Waals surface area contributed by atoms with Crippen LogP contribution in [0.3, 0.4) is 0 Å². The molecule has 7 rings (SSSR count). The van der Waals surface area contributed by atoms with Crippen molar-refractivity contribution >= 4 is 6.09 Å². The average molecular weight is 590 g/mol. The third kappa shape index (κ3) is 5.90. The highest BCUT2D eigenvalue weighted by Crippen LogP contribution is 2.50. The monoisotopic (exact) mass is 589 g/mol. The number of aromatic amines is 2. The van der Waals surface area contributed by atoms with Gasteiger partial charge in [0.2, 0.25) is 0 Å². The van der Waals surface area contributed by atoms with E-state index in [-0.39, 0.29) is 12.1 Å². The Morgan fingerprint density at radius 2 is 1.43 bits per heavy atom. The summed E-state index contributed by atoms with van der Waals surface area (Å²) >= 11 is 0. The first kappa shape index (κ1) is 28.8. The van der Waals surface area contributed by atoms with Crippen LogP contribution in [-0.4, -0.2) is 43.1 Å². The van der Waals surface area contributed by atoms with Crippen molar-refractivity contribution in [2.24, 2.45) is 5.41 Å². The third-order valence-electron chi connectivity index (χ3n) is 9.99. The standard InChI is InChI=1S/C37H43N5O2/c1-36(2,3)44-35(43)42-20-8-11-32(42)34-39-24-29(41-34)17-15-26-13-12-25(30-21-37(22-31(26)30)18-6-7-19-37)14-16-28-23-38-33(40-28)27-9-4-5-10-27/h12-13,23-24,27,32H,4-11,18-22H2,1-3H3,(H,38,40)(H,39,41)/t32-/m0/s1. The molecule has 7 nitrogen and oxygen atoms in total. The number of aromatic nitrogens is 4. The van der Waals surface area contributed by atoms with Crippen molar-refractivity contribution in [3.63, 3.8) is 0 Å². The second-order valence-electron chi connectivity index (χ2n) is 14.4. The fourth-order valence-corrected chi connectivity index (χ4v) is 7.86. The number of likely N-dealkylation sites (tertiary alicyclic amines) is 1. The number of H-pyrrole nitrogens is 2. The summed E-state index contributed by atoms with van der Waals surface area (Å²) in [5, 5.41) is 0. The normalized spacial score (nSPS) is 20.8. The molecule has 3 aromatic rings. The lowest BCUT2D eigenvalue weighted by Gasteiger charge is -2.27. The minimum atomic E-state index is -0.528. The van der Waals surface area contributed by atoms with Gasteiger partial charge in [-0.1, -0.05) is 37.5 Å². The smallest absolute Gasteiger partial charge is 0.410 e. The van der Waals surface area contributed by atoms with Gasteiger partial charge in [-0.2, -0.15) is 0 Å². The minimum absolute atomic E-state index is 0.117. The predicted octanol–water partition coefficient (Wildman–Crippen LogP) is 7.32. The third-order valence-corrected chi connectivity index (χ3v) is 9.99. The zero-order valence-corrected chi connectivity index (χ0v) is 26.3. The van der Waals surface area contributed by atoms with Crippen LogP contribution < -0.4 is 0 Å². The van der Waals surface area contributed by atoms with Gasteiger partial charge in [0, 0.05) is 23.6 Å². The molecule has 3 fully saturated rings. The molecule has 44 heavy (non-hydrogen) atoms. The maximum atomic E-state index is 12.8. The maximum absolute atomic E-state index is 12.8. The molecule has 228 valence electrons. The highest BCUT2D eigenvalue weighted by molar-refractivity contribution is 5.69. The molecular formula is C37H43N5O2. The largest absolute Gasteiger partial charge is 0.444 e. The SMILES string of the molecule is CC(C)(C)OC(=O)N1CCC[C@H]1c1ncc(C#Cc2ccc(C#Cc3cnc(C4CCCC4)[nH]3)c3c2CC2(CCCC2)C3)[nH]1. The number of ether oxygens (including phenoxy) is 1. The van der Waals surface area contributed by atoms with Crippen molar-refractivity contribution in [1.82, 2.24) is 24.8 Å². The Morgan fingerprint density at radius 1 is 0.841 bits per heavy atom. The molecule has 3 heterocycles. The van der Waals surface area contributed by atoms with Crippen molar-refractivity contribution in [2.45, 2.75) is 115 Å². The number of rotatable bonds is 2. The Bertz CT molecular complexity index is 1670. The molecule has 1 spiro atoms. The van der Waals surface area contributed by atoms with Crippen molar-refractivity contribution < 1.29 is 9.53 Å². The van der Waals surface area contributed by atoms with Crippen LogP contribution in [0.1, 0.15) is 142 Å². The second-order valence-corrected chi connectivity index (χ2v) is 14.4. The zero-order valence-electron chi connectivity index (χ0n) is 26.3. The lowest BCUT2D eigenvalue weighted by atomic mass is 9.83. The first-order valence-electron chi connectivity index (χ1n) is 16.5. The van der Waals surface area contributed by atoms with Crippen LogP contribution in [0.25, 0.3) is 0 Å². The molecule has 4 aliphatic rings. The fraction of sp³-hybridized carbons (Fsp3) is 0.541. The molecular weight excluding hydrogens is 546 g/mol. The zero-order chi connectivity index (χ0) is 30.3. The van der Waals surface area contributed by atoms with E-state index in [2.05, 4.69) is 55.8 Å². The molecule has 1 atom stereocenters. The van der Waals surface area contributed by atoms with Gasteiger partial charge in [-0.3, -0.25) is 4.90 Å². The lowest BCUT2D eigenvalue weighted by molar-refractivity contribution is 0.0218. The molecule has 2 N–H and O–H groups in total. The maximum Gasteiger partial charge on any atom is 0.410 e. The van der Waals surface area contributed by atoms with Crippen molar-refractivity contribution in [3.05, 3.63) is 69.8 Å². The van der Waals surface area contributed by atoms with Crippen LogP contribution in [0.4, 0.5) is 4.79 Å². The Morgan fingerprint density at radius 3 is 2.05 bits per heavy atom. The highest BCUT2D eigenvalue weighted by atomic mass is 16.6. The van der Waals surface area contributed by atoms with Crippen LogP contribution in [0, 0.1) is 29.1 Å². The summed E-state index contributed by atoms with van der Waals surface area (Å²) in [5.74, 6) is 16.2. The molecule has 1 aliphatic heterocycles. The van der Waals surface area contributed by atoms with Gasteiger partial charge in [-0.05, 0) is 113 Å². The number of benzene rings is 1. The summed E-state index contributed by atoms with van der Waals surface area (Å²) in [4.78, 5) is 30.8. The molecule has 0 unspecified atom stereocenters. The highest BCUT2D eigenvalue weighted by Gasteiger charge is 2.41. The number of nitrogens with one attached hydrogen (secondary N) is 2. The Kier molecular flexibility index (Phi) is 7.53. The van der Waals surface area contributed by atoms with Crippen LogP contribution in [0.5, 0.6) is 0 Å². The first-order valence-corrected chi connectivity index (χ1v) is 16.5. The van der Waals surface area contributed by atoms with Crippen molar-refractivity contribution in [3.8, 4) is 23.7 Å². The first-order chi connectivity index (χ1) is 21.3. The van der Waals surface area contributed by atoms with Crippen LogP contribution in [-0.2, 0) is 17.6 Å². The quantitative estimate of drug-likeness (QED) is 0.307. The molecule has 1 amide bonds. The van der Waals surface area contributed by atoms with Gasteiger partial charge in [0.1, 0.15) is 28.6 Å². The van der Waals surface area contributed by atoms with E-state index in [0.29, 0.717) is 17.9 Å². The summed E-state index contributed by atoms with van der Waals surface area (Å²) in [7, 11) is 0. The number of carbonyl (C=O) groups is 1. The number of hydrogen-bond acceptors (Lipinski definition) is 4. The molecule has 2 aromatic heterocycles. The number of carbonyl (C=O) groups excluding carboxylic acids is 1. The van der Waals surface area contributed by atoms with E-state index in [9.17, 15) is 4.79 Å². The summed E-state index contributed by atoms with van der Waals surface area (Å²) in [6.45, 7) is 6.36. The van der Waals surface area contributed by atoms with Gasteiger partial charge in [0.25, 0.3) is 0 Å². The van der Waals surface area contributed by atoms with E-state index in [0.717, 1.165) is 59.8 Å². The number of imidazole rings is 2.